The van der Waals surface area contributed by atoms with E-state index in [2.05, 4.69) is 15.6 Å². The van der Waals surface area contributed by atoms with Crippen molar-refractivity contribution in [2.24, 2.45) is 5.22 Å². The summed E-state index contributed by atoms with van der Waals surface area (Å²) in [6, 6.07) is 0. The van der Waals surface area contributed by atoms with E-state index < -0.39 is 10.3 Å². The molecule has 0 saturated carbocycles. The first-order valence-electron chi connectivity index (χ1n) is 3.37. The Morgan fingerprint density at radius 1 is 1.54 bits per heavy atom. The average Bonchev–Trinajstić information content (AvgIpc) is 2.15. The maximum atomic E-state index is 10.5. The minimum Gasteiger partial charge on any atom is -0.228 e. The van der Waals surface area contributed by atoms with Gasteiger partial charge in [-0.05, 0) is 23.5 Å². The van der Waals surface area contributed by atoms with Crippen LogP contribution in [-0.4, -0.2) is 13.3 Å². The topological polar surface area (TPSA) is 94.9 Å². The summed E-state index contributed by atoms with van der Waals surface area (Å²) >= 11 is 0. The van der Waals surface area contributed by atoms with Crippen LogP contribution in [0.1, 0.15) is 6.42 Å². The lowest BCUT2D eigenvalue weighted by atomic mass is 10.1. The molecule has 13 heavy (non-hydrogen) atoms. The molecule has 0 aromatic carbocycles. The fourth-order valence-corrected chi connectivity index (χ4v) is 1.21. The van der Waals surface area contributed by atoms with E-state index in [1.54, 1.807) is 6.08 Å². The Kier molecular flexibility index (Phi) is 3.13. The second kappa shape index (κ2) is 4.34. The highest BCUT2D eigenvalue weighted by Gasteiger charge is 2.04. The first kappa shape index (κ1) is 9.37. The number of nitrogens with one attached hydrogen (secondary N) is 1. The van der Waals surface area contributed by atoms with E-state index >= 15 is 0 Å². The zero-order valence-corrected chi connectivity index (χ0v) is 7.32. The number of rotatable bonds is 2. The van der Waals surface area contributed by atoms with Crippen LogP contribution < -0.4 is 5.43 Å². The Bertz CT molecular complexity index is 431. The van der Waals surface area contributed by atoms with Crippen molar-refractivity contribution in [3.63, 3.8) is 0 Å². The predicted octanol–water partition coefficient (Wildman–Crippen LogP) is 0.697. The Labute approximate surface area is 75.7 Å². The third kappa shape index (κ3) is 2.66. The van der Waals surface area contributed by atoms with E-state index in [4.69, 9.17) is 5.53 Å². The summed E-state index contributed by atoms with van der Waals surface area (Å²) < 4.78 is 20.9. The van der Waals surface area contributed by atoms with E-state index in [1.165, 1.54) is 12.2 Å². The van der Waals surface area contributed by atoms with Gasteiger partial charge in [-0.3, -0.25) is 0 Å². The molecule has 6 nitrogen and oxygen atoms in total. The highest BCUT2D eigenvalue weighted by Crippen LogP contribution is 2.04. The minimum absolute atomic E-state index is 0.312. The molecule has 1 rings (SSSR count). The maximum Gasteiger partial charge on any atom is 0.217 e. The third-order valence-corrected chi connectivity index (χ3v) is 2.14. The first-order chi connectivity index (χ1) is 6.24. The van der Waals surface area contributed by atoms with Crippen LogP contribution in [0.15, 0.2) is 29.1 Å². The molecule has 0 amide bonds. The number of hydrogen-bond acceptors (Lipinski definition) is 3. The zero-order valence-electron chi connectivity index (χ0n) is 6.51. The number of nitrogens with zero attached hydrogens (tertiary/aromatic N) is 3. The molecule has 0 aliphatic heterocycles. The molecule has 0 unspecified atom stereocenters. The van der Waals surface area contributed by atoms with E-state index in [0.717, 1.165) is 0 Å². The highest BCUT2D eigenvalue weighted by molar-refractivity contribution is 7.73. The van der Waals surface area contributed by atoms with Crippen molar-refractivity contribution in [2.75, 3.05) is 0 Å². The molecular weight excluding hydrogens is 192 g/mol. The molecule has 0 aromatic heterocycles. The molecule has 1 aliphatic rings. The fourth-order valence-electron chi connectivity index (χ4n) is 0.816. The molecule has 68 valence electrons. The lowest BCUT2D eigenvalue weighted by Gasteiger charge is -2.00. The van der Waals surface area contributed by atoms with E-state index in [1.807, 2.05) is 0 Å². The molecule has 7 heteroatoms. The molecule has 0 spiro atoms. The van der Waals surface area contributed by atoms with Crippen molar-refractivity contribution in [3.8, 4) is 0 Å². The molecule has 0 aromatic rings. The lowest BCUT2D eigenvalue weighted by molar-refractivity contribution is 0.627. The standard InChI is InChI=1S/C6H6N4O2S/c7-9-10-8-5-1-3-6(4-2-5)13(11)12/h1-3,8H,4H2. The van der Waals surface area contributed by atoms with Gasteiger partial charge in [0.15, 0.2) is 0 Å². The highest BCUT2D eigenvalue weighted by atomic mass is 32.2. The summed E-state index contributed by atoms with van der Waals surface area (Å²) in [5, 5.41) is 3.11. The van der Waals surface area contributed by atoms with Gasteiger partial charge in [-0.15, -0.1) is 5.53 Å². The molecule has 0 bridgehead atoms. The van der Waals surface area contributed by atoms with Gasteiger partial charge in [0.25, 0.3) is 0 Å². The Morgan fingerprint density at radius 2 is 2.31 bits per heavy atom. The van der Waals surface area contributed by atoms with Crippen molar-refractivity contribution >= 4 is 15.2 Å². The summed E-state index contributed by atoms with van der Waals surface area (Å²) in [5.74, 6) is 0. The summed E-state index contributed by atoms with van der Waals surface area (Å²) in [6.07, 6.45) is 4.93. The largest absolute Gasteiger partial charge is 0.228 e. The number of hydrogen-bond donors (Lipinski definition) is 1. The van der Waals surface area contributed by atoms with Crippen LogP contribution in [0.4, 0.5) is 0 Å². The zero-order chi connectivity index (χ0) is 9.68. The van der Waals surface area contributed by atoms with Gasteiger partial charge in [-0.2, -0.15) is 13.3 Å². The maximum absolute atomic E-state index is 10.5. The molecule has 1 aliphatic carbocycles. The molecule has 0 saturated heterocycles. The van der Waals surface area contributed by atoms with Gasteiger partial charge in [0, 0.05) is 6.42 Å². The molecule has 0 radical (unpaired) electrons. The second-order valence-corrected chi connectivity index (χ2v) is 3.19. The summed E-state index contributed by atoms with van der Waals surface area (Å²) in [7, 11) is -2.17. The summed E-state index contributed by atoms with van der Waals surface area (Å²) in [5.41, 5.74) is 11.0. The van der Waals surface area contributed by atoms with Crippen molar-refractivity contribution in [1.82, 2.24) is 5.43 Å². The van der Waals surface area contributed by atoms with Crippen molar-refractivity contribution in [3.05, 3.63) is 34.4 Å². The molecular formula is C6H6N4O2S. The smallest absolute Gasteiger partial charge is 0.217 e. The van der Waals surface area contributed by atoms with Gasteiger partial charge >= 0.3 is 0 Å². The van der Waals surface area contributed by atoms with Crippen molar-refractivity contribution in [2.45, 2.75) is 6.42 Å². The van der Waals surface area contributed by atoms with Crippen LogP contribution in [0.25, 0.3) is 10.4 Å². The van der Waals surface area contributed by atoms with Crippen LogP contribution in [0, 0.1) is 0 Å². The van der Waals surface area contributed by atoms with Gasteiger partial charge in [0.05, 0.1) is 4.86 Å². The quantitative estimate of drug-likeness (QED) is 0.232. The second-order valence-electron chi connectivity index (χ2n) is 2.20. The van der Waals surface area contributed by atoms with Gasteiger partial charge in [0.2, 0.25) is 10.3 Å². The van der Waals surface area contributed by atoms with E-state index in [9.17, 15) is 8.42 Å². The van der Waals surface area contributed by atoms with Crippen molar-refractivity contribution in [1.29, 1.82) is 0 Å². The van der Waals surface area contributed by atoms with Crippen LogP contribution in [0.3, 0.4) is 0 Å². The fraction of sp³-hybridized carbons (Fsp3) is 0.167. The van der Waals surface area contributed by atoms with Crippen LogP contribution in [0.5, 0.6) is 0 Å². The summed E-state index contributed by atoms with van der Waals surface area (Å²) in [4.78, 5) is 2.81. The molecule has 0 atom stereocenters. The van der Waals surface area contributed by atoms with E-state index in [-0.39, 0.29) is 0 Å². The molecule has 1 N–H and O–H groups in total. The van der Waals surface area contributed by atoms with Crippen LogP contribution in [-0.2, 0) is 10.3 Å². The van der Waals surface area contributed by atoms with Gasteiger partial charge in [0.1, 0.15) is 5.70 Å². The SMILES string of the molecule is [N-]=[N+]=NNC1=CCC(=S(=O)=O)C=C1. The average molecular weight is 198 g/mol. The van der Waals surface area contributed by atoms with Crippen LogP contribution in [0.2, 0.25) is 0 Å². The normalized spacial score (nSPS) is 14.5. The third-order valence-electron chi connectivity index (χ3n) is 1.41. The Morgan fingerprint density at radius 3 is 2.77 bits per heavy atom. The van der Waals surface area contributed by atoms with Crippen molar-refractivity contribution < 1.29 is 8.42 Å². The first-order valence-corrected chi connectivity index (χ1v) is 4.45. The minimum atomic E-state index is -2.17. The van der Waals surface area contributed by atoms with Gasteiger partial charge in [-0.1, -0.05) is 0 Å². The number of allylic oxidation sites excluding steroid dienone is 3. The monoisotopic (exact) mass is 198 g/mol. The van der Waals surface area contributed by atoms with Crippen LogP contribution >= 0.6 is 0 Å². The summed E-state index contributed by atoms with van der Waals surface area (Å²) in [6.45, 7) is 0. The van der Waals surface area contributed by atoms with Gasteiger partial charge < -0.3 is 0 Å². The lowest BCUT2D eigenvalue weighted by Crippen LogP contribution is -2.07. The Hall–Kier alpha value is -1.72. The molecule has 0 heterocycles. The van der Waals surface area contributed by atoms with Gasteiger partial charge in [-0.25, -0.2) is 5.43 Å². The van der Waals surface area contributed by atoms with E-state index in [0.29, 0.717) is 17.0 Å². The Balaban J connectivity index is 2.76. The predicted molar refractivity (Wildman–Crippen MR) is 48.0 cm³/mol. The molecule has 0 fully saturated rings. The number of azide groups is 1.